The number of piperidine rings is 1. The first-order valence-corrected chi connectivity index (χ1v) is 12.2. The van der Waals surface area contributed by atoms with Crippen LogP contribution < -0.4 is 26.3 Å². The molecule has 3 N–H and O–H groups in total. The number of piperazine rings is 1. The standard InChI is InChI=1S/C23H25N7O2S/c31-19-15-13-26-23(29-11-9-25-10-12-29)28-20(15)30-16-3-1-2-4-17(16)33-22(30)18(19)21(32)27-14-5-7-24-8-6-14/h1-4,13-14,24-25H,5-12H2,(H,27,32). The number of carbonyl (C=O) groups is 1. The van der Waals surface area contributed by atoms with Crippen LogP contribution in [0.5, 0.6) is 0 Å². The summed E-state index contributed by atoms with van der Waals surface area (Å²) in [6, 6.07) is 8.01. The summed E-state index contributed by atoms with van der Waals surface area (Å²) in [4.78, 5) is 39.1. The number of hydrogen-bond acceptors (Lipinski definition) is 8. The van der Waals surface area contributed by atoms with Crippen LogP contribution in [0.15, 0.2) is 35.3 Å². The molecule has 0 unspecified atom stereocenters. The lowest BCUT2D eigenvalue weighted by Gasteiger charge is -2.27. The Labute approximate surface area is 193 Å². The van der Waals surface area contributed by atoms with Gasteiger partial charge in [-0.25, -0.2) is 4.98 Å². The van der Waals surface area contributed by atoms with Gasteiger partial charge >= 0.3 is 0 Å². The maximum atomic E-state index is 13.6. The highest BCUT2D eigenvalue weighted by atomic mass is 32.1. The van der Waals surface area contributed by atoms with Gasteiger partial charge in [-0.1, -0.05) is 12.1 Å². The molecule has 0 bridgehead atoms. The van der Waals surface area contributed by atoms with E-state index in [4.69, 9.17) is 4.98 Å². The van der Waals surface area contributed by atoms with E-state index in [1.54, 1.807) is 6.20 Å². The van der Waals surface area contributed by atoms with Crippen molar-refractivity contribution in [2.75, 3.05) is 44.2 Å². The molecule has 2 fully saturated rings. The number of aromatic nitrogens is 3. The zero-order valence-electron chi connectivity index (χ0n) is 18.1. The van der Waals surface area contributed by atoms with Crippen molar-refractivity contribution >= 4 is 49.3 Å². The molecule has 9 nitrogen and oxygen atoms in total. The fraction of sp³-hybridized carbons (Fsp3) is 0.391. The van der Waals surface area contributed by atoms with Crippen LogP contribution in [0.25, 0.3) is 26.1 Å². The van der Waals surface area contributed by atoms with Gasteiger partial charge < -0.3 is 20.9 Å². The molecule has 5 heterocycles. The van der Waals surface area contributed by atoms with Gasteiger partial charge in [-0.2, -0.15) is 4.98 Å². The molecule has 2 aliphatic rings. The van der Waals surface area contributed by atoms with Gasteiger partial charge in [0.25, 0.3) is 5.91 Å². The molecule has 0 spiro atoms. The van der Waals surface area contributed by atoms with E-state index in [2.05, 4.69) is 25.8 Å². The first kappa shape index (κ1) is 20.5. The molecule has 1 amide bonds. The highest BCUT2D eigenvalue weighted by molar-refractivity contribution is 7.24. The van der Waals surface area contributed by atoms with Gasteiger partial charge in [0.2, 0.25) is 11.4 Å². The van der Waals surface area contributed by atoms with E-state index < -0.39 is 0 Å². The average molecular weight is 464 g/mol. The van der Waals surface area contributed by atoms with Gasteiger partial charge in [-0.05, 0) is 38.1 Å². The molecule has 4 aromatic rings. The zero-order valence-corrected chi connectivity index (χ0v) is 19.0. The van der Waals surface area contributed by atoms with Gasteiger partial charge in [0, 0.05) is 38.4 Å². The predicted octanol–water partition coefficient (Wildman–Crippen LogP) is 1.35. The first-order valence-electron chi connectivity index (χ1n) is 11.4. The third kappa shape index (κ3) is 3.54. The molecule has 2 aliphatic heterocycles. The molecule has 33 heavy (non-hydrogen) atoms. The van der Waals surface area contributed by atoms with E-state index in [0.29, 0.717) is 21.8 Å². The number of rotatable bonds is 3. The SMILES string of the molecule is O=C(NC1CCNCC1)c1c(=O)c2cnc(N3CCNCC3)nc2n2c1sc1ccccc12. The first-order chi connectivity index (χ1) is 16.2. The molecule has 170 valence electrons. The van der Waals surface area contributed by atoms with Crippen molar-refractivity contribution in [2.45, 2.75) is 18.9 Å². The number of para-hydroxylation sites is 1. The number of thiazole rings is 1. The van der Waals surface area contributed by atoms with Gasteiger partial charge in [0.05, 0.1) is 15.6 Å². The predicted molar refractivity (Wildman–Crippen MR) is 131 cm³/mol. The van der Waals surface area contributed by atoms with Crippen LogP contribution in [0.2, 0.25) is 0 Å². The number of benzene rings is 1. The fourth-order valence-electron chi connectivity index (χ4n) is 4.73. The highest BCUT2D eigenvalue weighted by Crippen LogP contribution is 2.31. The number of nitrogens with one attached hydrogen (secondary N) is 3. The van der Waals surface area contributed by atoms with Crippen LogP contribution in [-0.4, -0.2) is 65.6 Å². The lowest BCUT2D eigenvalue weighted by atomic mass is 10.1. The summed E-state index contributed by atoms with van der Waals surface area (Å²) < 4.78 is 2.96. The monoisotopic (exact) mass is 463 g/mol. The summed E-state index contributed by atoms with van der Waals surface area (Å²) in [6.45, 7) is 5.09. The second kappa shape index (κ2) is 8.36. The Hall–Kier alpha value is -3.08. The van der Waals surface area contributed by atoms with E-state index in [9.17, 15) is 9.59 Å². The zero-order chi connectivity index (χ0) is 22.4. The molecular formula is C23H25N7O2S. The van der Waals surface area contributed by atoms with E-state index in [0.717, 1.165) is 62.3 Å². The maximum absolute atomic E-state index is 13.6. The molecular weight excluding hydrogens is 438 g/mol. The Bertz CT molecular complexity index is 1420. The van der Waals surface area contributed by atoms with Crippen molar-refractivity contribution in [1.29, 1.82) is 0 Å². The minimum Gasteiger partial charge on any atom is -0.349 e. The van der Waals surface area contributed by atoms with E-state index in [1.165, 1.54) is 11.3 Å². The van der Waals surface area contributed by atoms with Crippen LogP contribution in [-0.2, 0) is 0 Å². The lowest BCUT2D eigenvalue weighted by Crippen LogP contribution is -2.44. The maximum Gasteiger partial charge on any atom is 0.258 e. The van der Waals surface area contributed by atoms with Crippen molar-refractivity contribution in [3.05, 3.63) is 46.2 Å². The van der Waals surface area contributed by atoms with Crippen LogP contribution in [0.4, 0.5) is 5.95 Å². The lowest BCUT2D eigenvalue weighted by molar-refractivity contribution is 0.0930. The van der Waals surface area contributed by atoms with E-state index >= 15 is 0 Å². The van der Waals surface area contributed by atoms with E-state index in [-0.39, 0.29) is 22.9 Å². The largest absolute Gasteiger partial charge is 0.349 e. The van der Waals surface area contributed by atoms with Crippen molar-refractivity contribution in [3.63, 3.8) is 0 Å². The summed E-state index contributed by atoms with van der Waals surface area (Å²) in [6.07, 6.45) is 3.29. The van der Waals surface area contributed by atoms with Crippen molar-refractivity contribution < 1.29 is 4.79 Å². The topological polar surface area (TPSA) is 104 Å². The molecule has 6 rings (SSSR count). The van der Waals surface area contributed by atoms with Crippen molar-refractivity contribution in [2.24, 2.45) is 0 Å². The molecule has 10 heteroatoms. The van der Waals surface area contributed by atoms with Crippen LogP contribution in [0, 0.1) is 0 Å². The molecule has 2 saturated heterocycles. The third-order valence-corrected chi connectivity index (χ3v) is 7.62. The average Bonchev–Trinajstić information content (AvgIpc) is 3.24. The number of amides is 1. The highest BCUT2D eigenvalue weighted by Gasteiger charge is 2.26. The third-order valence-electron chi connectivity index (χ3n) is 6.47. The fourth-order valence-corrected chi connectivity index (χ4v) is 5.91. The number of carbonyl (C=O) groups excluding carboxylic acids is 1. The minimum absolute atomic E-state index is 0.0645. The Morgan fingerprint density at radius 2 is 1.85 bits per heavy atom. The Balaban J connectivity index is 1.57. The molecule has 1 aromatic carbocycles. The number of anilines is 1. The summed E-state index contributed by atoms with van der Waals surface area (Å²) in [5.41, 5.74) is 1.35. The molecule has 0 saturated carbocycles. The van der Waals surface area contributed by atoms with Crippen LogP contribution in [0.1, 0.15) is 23.2 Å². The summed E-state index contributed by atoms with van der Waals surface area (Å²) in [5.74, 6) is 0.295. The quantitative estimate of drug-likeness (QED) is 0.421. The van der Waals surface area contributed by atoms with E-state index in [1.807, 2.05) is 28.7 Å². The number of pyridine rings is 1. The minimum atomic E-state index is -0.316. The Morgan fingerprint density at radius 3 is 2.67 bits per heavy atom. The smallest absolute Gasteiger partial charge is 0.258 e. The van der Waals surface area contributed by atoms with Crippen LogP contribution >= 0.6 is 11.3 Å². The molecule has 0 atom stereocenters. The number of hydrogen-bond donors (Lipinski definition) is 3. The van der Waals surface area contributed by atoms with Crippen LogP contribution in [0.3, 0.4) is 0 Å². The van der Waals surface area contributed by atoms with Gasteiger partial charge in [0.15, 0.2) is 5.65 Å². The molecule has 3 aromatic heterocycles. The Morgan fingerprint density at radius 1 is 1.09 bits per heavy atom. The normalized spacial score (nSPS) is 17.8. The molecule has 0 radical (unpaired) electrons. The summed E-state index contributed by atoms with van der Waals surface area (Å²) >= 11 is 1.45. The molecule has 0 aliphatic carbocycles. The van der Waals surface area contributed by atoms with Crippen molar-refractivity contribution in [3.8, 4) is 0 Å². The Kier molecular flexibility index (Phi) is 5.20. The van der Waals surface area contributed by atoms with Gasteiger partial charge in [-0.3, -0.25) is 14.0 Å². The van der Waals surface area contributed by atoms with Crippen molar-refractivity contribution in [1.82, 2.24) is 30.3 Å². The second-order valence-electron chi connectivity index (χ2n) is 8.56. The second-order valence-corrected chi connectivity index (χ2v) is 9.59. The number of fused-ring (bicyclic) bond motifs is 5. The number of nitrogens with zero attached hydrogens (tertiary/aromatic N) is 4. The summed E-state index contributed by atoms with van der Waals surface area (Å²) in [7, 11) is 0. The summed E-state index contributed by atoms with van der Waals surface area (Å²) in [5, 5.41) is 10.1. The van der Waals surface area contributed by atoms with Gasteiger partial charge in [-0.15, -0.1) is 11.3 Å². The van der Waals surface area contributed by atoms with Gasteiger partial charge in [0.1, 0.15) is 10.4 Å².